The normalized spacial score (nSPS) is 22.3. The van der Waals surface area contributed by atoms with E-state index in [2.05, 4.69) is 29.0 Å². The van der Waals surface area contributed by atoms with Crippen LogP contribution in [0.1, 0.15) is 19.7 Å². The van der Waals surface area contributed by atoms with Crippen molar-refractivity contribution in [3.63, 3.8) is 0 Å². The van der Waals surface area contributed by atoms with Gasteiger partial charge in [-0.05, 0) is 26.0 Å². The number of nitrogens with one attached hydrogen (secondary N) is 1. The number of piperazine rings is 1. The third-order valence-corrected chi connectivity index (χ3v) is 4.13. The molecule has 1 aliphatic rings. The molecule has 2 aromatic rings. The van der Waals surface area contributed by atoms with Crippen molar-refractivity contribution in [3.05, 3.63) is 41.4 Å². The topological polar surface area (TPSA) is 41.3 Å². The minimum atomic E-state index is 0. The van der Waals surface area contributed by atoms with Crippen LogP contribution in [0.4, 0.5) is 0 Å². The molecule has 22 heavy (non-hydrogen) atoms. The number of rotatable bonds is 3. The van der Waals surface area contributed by atoms with Crippen molar-refractivity contribution in [2.24, 2.45) is 0 Å². The molecule has 6 heteroatoms. The lowest BCUT2D eigenvalue weighted by molar-refractivity contribution is 0.127. The van der Waals surface area contributed by atoms with Crippen LogP contribution in [0.5, 0.6) is 0 Å². The van der Waals surface area contributed by atoms with Crippen molar-refractivity contribution in [1.29, 1.82) is 0 Å². The Morgan fingerprint density at radius 3 is 3.00 bits per heavy atom. The van der Waals surface area contributed by atoms with Gasteiger partial charge in [0.05, 0.1) is 12.7 Å². The fourth-order valence-electron chi connectivity index (χ4n) is 2.65. The number of hydrogen-bond acceptors (Lipinski definition) is 4. The minimum absolute atomic E-state index is 0. The Kier molecular flexibility index (Phi) is 5.87. The average molecular weight is 342 g/mol. The van der Waals surface area contributed by atoms with Gasteiger partial charge < -0.3 is 9.73 Å². The van der Waals surface area contributed by atoms with E-state index in [9.17, 15) is 0 Å². The first-order chi connectivity index (χ1) is 10.1. The molecule has 4 nitrogen and oxygen atoms in total. The Labute approximate surface area is 142 Å². The molecule has 1 aromatic carbocycles. The molecule has 0 aliphatic carbocycles. The Morgan fingerprint density at radius 2 is 2.23 bits per heavy atom. The number of nitrogens with zero attached hydrogens (tertiary/aromatic N) is 2. The van der Waals surface area contributed by atoms with Gasteiger partial charge in [-0.3, -0.25) is 4.90 Å². The molecule has 1 aromatic heterocycles. The van der Waals surface area contributed by atoms with Gasteiger partial charge >= 0.3 is 0 Å². The lowest BCUT2D eigenvalue weighted by Crippen LogP contribution is -2.53. The summed E-state index contributed by atoms with van der Waals surface area (Å²) < 4.78 is 5.88. The summed E-state index contributed by atoms with van der Waals surface area (Å²) in [7, 11) is 0. The highest BCUT2D eigenvalue weighted by molar-refractivity contribution is 6.30. The highest BCUT2D eigenvalue weighted by Crippen LogP contribution is 2.24. The summed E-state index contributed by atoms with van der Waals surface area (Å²) in [4.78, 5) is 6.80. The van der Waals surface area contributed by atoms with Crippen molar-refractivity contribution < 1.29 is 4.42 Å². The van der Waals surface area contributed by atoms with Gasteiger partial charge in [0.2, 0.25) is 5.89 Å². The molecule has 2 atom stereocenters. The van der Waals surface area contributed by atoms with E-state index >= 15 is 0 Å². The standard InChI is InChI=1S/C16H20ClN3O.ClH/c1-11-9-20(12(2)7-18-11)10-16-19-8-15(21-16)13-4-3-5-14(17)6-13;/h3-6,8,11-12,18H,7,9-10H2,1-2H3;1H. The van der Waals surface area contributed by atoms with Crippen LogP contribution in [0.3, 0.4) is 0 Å². The van der Waals surface area contributed by atoms with Gasteiger partial charge in [-0.2, -0.15) is 0 Å². The van der Waals surface area contributed by atoms with Crippen LogP contribution in [0.15, 0.2) is 34.9 Å². The molecule has 1 fully saturated rings. The van der Waals surface area contributed by atoms with Gasteiger partial charge in [0.1, 0.15) is 0 Å². The van der Waals surface area contributed by atoms with Gasteiger partial charge in [-0.1, -0.05) is 23.7 Å². The first-order valence-electron chi connectivity index (χ1n) is 7.30. The quantitative estimate of drug-likeness (QED) is 0.925. The lowest BCUT2D eigenvalue weighted by atomic mass is 10.1. The Morgan fingerprint density at radius 1 is 1.41 bits per heavy atom. The molecular formula is C16H21Cl2N3O. The number of halogens is 2. The van der Waals surface area contributed by atoms with Gasteiger partial charge in [0, 0.05) is 35.8 Å². The van der Waals surface area contributed by atoms with Crippen LogP contribution in [-0.2, 0) is 6.54 Å². The first-order valence-corrected chi connectivity index (χ1v) is 7.67. The van der Waals surface area contributed by atoms with Crippen LogP contribution < -0.4 is 5.32 Å². The zero-order valence-electron chi connectivity index (χ0n) is 12.8. The Balaban J connectivity index is 0.00000176. The van der Waals surface area contributed by atoms with Crippen LogP contribution in [0.2, 0.25) is 5.02 Å². The van der Waals surface area contributed by atoms with Crippen molar-refractivity contribution >= 4 is 24.0 Å². The molecule has 1 saturated heterocycles. The first kappa shape index (κ1) is 17.3. The van der Waals surface area contributed by atoms with Gasteiger partial charge in [0.25, 0.3) is 0 Å². The summed E-state index contributed by atoms with van der Waals surface area (Å²) in [5.41, 5.74) is 0.961. The summed E-state index contributed by atoms with van der Waals surface area (Å²) >= 11 is 6.02. The minimum Gasteiger partial charge on any atom is -0.439 e. The summed E-state index contributed by atoms with van der Waals surface area (Å²) in [6.45, 7) is 7.18. The summed E-state index contributed by atoms with van der Waals surface area (Å²) in [5.74, 6) is 1.52. The van der Waals surface area contributed by atoms with Crippen LogP contribution in [0, 0.1) is 0 Å². The number of benzene rings is 1. The van der Waals surface area contributed by atoms with Crippen molar-refractivity contribution in [3.8, 4) is 11.3 Å². The van der Waals surface area contributed by atoms with Gasteiger partial charge in [0.15, 0.2) is 5.76 Å². The van der Waals surface area contributed by atoms with E-state index in [1.807, 2.05) is 24.3 Å². The second-order valence-electron chi connectivity index (χ2n) is 5.72. The van der Waals surface area contributed by atoms with Crippen LogP contribution in [-0.4, -0.2) is 35.1 Å². The van der Waals surface area contributed by atoms with Gasteiger partial charge in [-0.25, -0.2) is 4.98 Å². The predicted molar refractivity (Wildman–Crippen MR) is 91.5 cm³/mol. The highest BCUT2D eigenvalue weighted by Gasteiger charge is 2.23. The third-order valence-electron chi connectivity index (χ3n) is 3.89. The Bertz CT molecular complexity index is 617. The number of aromatic nitrogens is 1. The molecule has 1 N–H and O–H groups in total. The zero-order chi connectivity index (χ0) is 14.8. The zero-order valence-corrected chi connectivity index (χ0v) is 14.3. The molecule has 0 saturated carbocycles. The second-order valence-corrected chi connectivity index (χ2v) is 6.15. The average Bonchev–Trinajstić information content (AvgIpc) is 2.91. The van der Waals surface area contributed by atoms with Crippen LogP contribution in [0.25, 0.3) is 11.3 Å². The van der Waals surface area contributed by atoms with E-state index in [0.717, 1.165) is 36.8 Å². The summed E-state index contributed by atoms with van der Waals surface area (Å²) in [6.07, 6.45) is 1.78. The Hall–Kier alpha value is -1.07. The summed E-state index contributed by atoms with van der Waals surface area (Å²) in [6, 6.07) is 8.63. The maximum atomic E-state index is 6.02. The maximum absolute atomic E-state index is 6.02. The van der Waals surface area contributed by atoms with E-state index in [1.165, 1.54) is 0 Å². The molecule has 0 amide bonds. The number of hydrogen-bond donors (Lipinski definition) is 1. The second kappa shape index (κ2) is 7.47. The van der Waals surface area contributed by atoms with Crippen LogP contribution >= 0.6 is 24.0 Å². The maximum Gasteiger partial charge on any atom is 0.209 e. The molecule has 0 radical (unpaired) electrons. The van der Waals surface area contributed by atoms with E-state index in [4.69, 9.17) is 16.0 Å². The lowest BCUT2D eigenvalue weighted by Gasteiger charge is -2.36. The van der Waals surface area contributed by atoms with Crippen molar-refractivity contribution in [1.82, 2.24) is 15.2 Å². The van der Waals surface area contributed by atoms with E-state index in [1.54, 1.807) is 6.20 Å². The largest absolute Gasteiger partial charge is 0.439 e. The fraction of sp³-hybridized carbons (Fsp3) is 0.438. The SMILES string of the molecule is CC1CN(Cc2ncc(-c3cccc(Cl)c3)o2)C(C)CN1.Cl. The smallest absolute Gasteiger partial charge is 0.209 e. The summed E-state index contributed by atoms with van der Waals surface area (Å²) in [5, 5.41) is 4.18. The van der Waals surface area contributed by atoms with E-state index in [0.29, 0.717) is 17.1 Å². The molecule has 0 spiro atoms. The third kappa shape index (κ3) is 4.02. The molecule has 120 valence electrons. The van der Waals surface area contributed by atoms with E-state index < -0.39 is 0 Å². The fourth-order valence-corrected chi connectivity index (χ4v) is 2.84. The predicted octanol–water partition coefficient (Wildman–Crippen LogP) is 3.60. The molecule has 3 rings (SSSR count). The number of oxazole rings is 1. The molecule has 2 heterocycles. The van der Waals surface area contributed by atoms with Gasteiger partial charge in [-0.15, -0.1) is 12.4 Å². The molecule has 1 aliphatic heterocycles. The molecular weight excluding hydrogens is 321 g/mol. The monoisotopic (exact) mass is 341 g/mol. The van der Waals surface area contributed by atoms with Crippen molar-refractivity contribution in [2.75, 3.05) is 13.1 Å². The molecule has 2 unspecified atom stereocenters. The highest BCUT2D eigenvalue weighted by atomic mass is 35.5. The van der Waals surface area contributed by atoms with E-state index in [-0.39, 0.29) is 12.4 Å². The molecule has 0 bridgehead atoms. The van der Waals surface area contributed by atoms with Crippen molar-refractivity contribution in [2.45, 2.75) is 32.5 Å².